The molecule has 0 aliphatic carbocycles. The van der Waals surface area contributed by atoms with Gasteiger partial charge in [0, 0.05) is 10.9 Å². The molecule has 1 aromatic heterocycles. The molecule has 32 heavy (non-hydrogen) atoms. The lowest BCUT2D eigenvalue weighted by molar-refractivity contribution is -0.147. The molecule has 0 N–H and O–H groups in total. The van der Waals surface area contributed by atoms with Crippen molar-refractivity contribution in [2.75, 3.05) is 13.2 Å². The molecule has 4 rings (SSSR count). The smallest absolute Gasteiger partial charge is 0.344 e. The summed E-state index contributed by atoms with van der Waals surface area (Å²) in [4.78, 5) is 24.8. The molecule has 0 spiro atoms. The molecule has 4 aromatic rings. The van der Waals surface area contributed by atoms with Gasteiger partial charge >= 0.3 is 11.9 Å². The fourth-order valence-electron chi connectivity index (χ4n) is 3.29. The summed E-state index contributed by atoms with van der Waals surface area (Å²) in [6, 6.07) is 23.8. The second kappa shape index (κ2) is 9.83. The third-order valence-electron chi connectivity index (χ3n) is 4.77. The molecule has 0 amide bonds. The number of carbonyl (C=O) groups excluding carboxylic acids is 2. The lowest BCUT2D eigenvalue weighted by atomic mass is 10.1. The number of rotatable bonds is 8. The van der Waals surface area contributed by atoms with Crippen LogP contribution < -0.4 is 4.74 Å². The molecule has 1 heterocycles. The van der Waals surface area contributed by atoms with E-state index in [4.69, 9.17) is 18.6 Å². The van der Waals surface area contributed by atoms with Crippen LogP contribution >= 0.6 is 0 Å². The zero-order valence-corrected chi connectivity index (χ0v) is 17.6. The molecule has 0 radical (unpaired) electrons. The second-order valence-electron chi connectivity index (χ2n) is 6.99. The van der Waals surface area contributed by atoms with Crippen LogP contribution in [0.4, 0.5) is 0 Å². The van der Waals surface area contributed by atoms with Crippen LogP contribution in [0.2, 0.25) is 0 Å². The van der Waals surface area contributed by atoms with Crippen LogP contribution in [0.3, 0.4) is 0 Å². The van der Waals surface area contributed by atoms with Gasteiger partial charge in [0.05, 0.1) is 6.61 Å². The maximum atomic E-state index is 12.7. The monoisotopic (exact) mass is 430 g/mol. The minimum atomic E-state index is -0.489. The molecule has 0 saturated heterocycles. The Hall–Kier alpha value is -4.06. The van der Waals surface area contributed by atoms with E-state index < -0.39 is 11.9 Å². The molecule has 0 atom stereocenters. The second-order valence-corrected chi connectivity index (χ2v) is 6.99. The first-order valence-corrected chi connectivity index (χ1v) is 10.3. The number of esters is 2. The van der Waals surface area contributed by atoms with Crippen LogP contribution in [-0.4, -0.2) is 25.2 Å². The molecule has 0 unspecified atom stereocenters. The van der Waals surface area contributed by atoms with Gasteiger partial charge in [0.2, 0.25) is 0 Å². The van der Waals surface area contributed by atoms with Crippen molar-refractivity contribution in [1.82, 2.24) is 0 Å². The molecule has 3 aromatic carbocycles. The SMILES string of the molecule is CCOC(=O)c1c(-c2ccccc2)oc2ccc(OCC(=O)OCc3ccccc3)cc12. The molecule has 6 heteroatoms. The summed E-state index contributed by atoms with van der Waals surface area (Å²) in [5, 5.41) is 0.553. The average Bonchev–Trinajstić information content (AvgIpc) is 3.22. The van der Waals surface area contributed by atoms with Gasteiger partial charge in [-0.3, -0.25) is 0 Å². The van der Waals surface area contributed by atoms with Gasteiger partial charge in [-0.05, 0) is 30.7 Å². The lowest BCUT2D eigenvalue weighted by Gasteiger charge is -2.07. The highest BCUT2D eigenvalue weighted by molar-refractivity contribution is 6.09. The van der Waals surface area contributed by atoms with Gasteiger partial charge in [0.25, 0.3) is 0 Å². The number of carbonyl (C=O) groups is 2. The van der Waals surface area contributed by atoms with Crippen LogP contribution in [0.25, 0.3) is 22.3 Å². The predicted molar refractivity (Wildman–Crippen MR) is 119 cm³/mol. The van der Waals surface area contributed by atoms with Crippen LogP contribution in [0.1, 0.15) is 22.8 Å². The number of ether oxygens (including phenoxy) is 3. The van der Waals surface area contributed by atoms with Crippen molar-refractivity contribution in [3.8, 4) is 17.1 Å². The van der Waals surface area contributed by atoms with Crippen LogP contribution in [-0.2, 0) is 20.9 Å². The summed E-state index contributed by atoms with van der Waals surface area (Å²) in [7, 11) is 0. The fraction of sp³-hybridized carbons (Fsp3) is 0.154. The van der Waals surface area contributed by atoms with Crippen molar-refractivity contribution in [1.29, 1.82) is 0 Å². The van der Waals surface area contributed by atoms with Crippen molar-refractivity contribution in [2.24, 2.45) is 0 Å². The third kappa shape index (κ3) is 4.81. The van der Waals surface area contributed by atoms with Gasteiger partial charge in [-0.2, -0.15) is 0 Å². The molecule has 0 bridgehead atoms. The normalized spacial score (nSPS) is 10.7. The van der Waals surface area contributed by atoms with Crippen LogP contribution in [0.5, 0.6) is 5.75 Å². The first-order valence-electron chi connectivity index (χ1n) is 10.3. The third-order valence-corrected chi connectivity index (χ3v) is 4.77. The van der Waals surface area contributed by atoms with Crippen molar-refractivity contribution >= 4 is 22.9 Å². The van der Waals surface area contributed by atoms with Crippen molar-refractivity contribution in [3.05, 3.63) is 90.0 Å². The number of furan rings is 1. The van der Waals surface area contributed by atoms with E-state index in [0.29, 0.717) is 28.0 Å². The van der Waals surface area contributed by atoms with Gasteiger partial charge in [-0.25, -0.2) is 9.59 Å². The molecule has 162 valence electrons. The minimum absolute atomic E-state index is 0.178. The van der Waals surface area contributed by atoms with Crippen LogP contribution in [0.15, 0.2) is 83.3 Å². The first-order chi connectivity index (χ1) is 15.7. The van der Waals surface area contributed by atoms with E-state index in [-0.39, 0.29) is 19.8 Å². The summed E-state index contributed by atoms with van der Waals surface area (Å²) in [5.41, 5.74) is 2.50. The van der Waals surface area contributed by atoms with Gasteiger partial charge in [-0.1, -0.05) is 60.7 Å². The molecular formula is C26H22O6. The van der Waals surface area contributed by atoms with Crippen molar-refractivity contribution in [3.63, 3.8) is 0 Å². The Morgan fingerprint density at radius 2 is 1.59 bits per heavy atom. The molecule has 0 saturated carbocycles. The largest absolute Gasteiger partial charge is 0.482 e. The van der Waals surface area contributed by atoms with Crippen molar-refractivity contribution < 1.29 is 28.2 Å². The number of benzene rings is 3. The Morgan fingerprint density at radius 1 is 0.875 bits per heavy atom. The average molecular weight is 430 g/mol. The summed E-state index contributed by atoms with van der Waals surface area (Å²) < 4.78 is 22.1. The molecule has 0 aliphatic heterocycles. The van der Waals surface area contributed by atoms with E-state index in [1.54, 1.807) is 25.1 Å². The van der Waals surface area contributed by atoms with Gasteiger partial charge in [0.1, 0.15) is 29.3 Å². The van der Waals surface area contributed by atoms with E-state index in [1.165, 1.54) is 0 Å². The highest BCUT2D eigenvalue weighted by atomic mass is 16.6. The minimum Gasteiger partial charge on any atom is -0.482 e. The zero-order chi connectivity index (χ0) is 22.3. The van der Waals surface area contributed by atoms with Crippen molar-refractivity contribution in [2.45, 2.75) is 13.5 Å². The summed E-state index contributed by atoms with van der Waals surface area (Å²) in [5.74, 6) is -0.125. The van der Waals surface area contributed by atoms with E-state index in [2.05, 4.69) is 0 Å². The van der Waals surface area contributed by atoms with Gasteiger partial charge in [-0.15, -0.1) is 0 Å². The number of hydrogen-bond acceptors (Lipinski definition) is 6. The zero-order valence-electron chi connectivity index (χ0n) is 17.6. The molecule has 0 fully saturated rings. The number of fused-ring (bicyclic) bond motifs is 1. The standard InChI is InChI=1S/C26H22O6/c1-2-29-26(28)24-21-15-20(30-17-23(27)31-16-18-9-5-3-6-10-18)13-14-22(21)32-25(24)19-11-7-4-8-12-19/h3-15H,2,16-17H2,1H3. The number of hydrogen-bond donors (Lipinski definition) is 0. The van der Waals surface area contributed by atoms with Gasteiger partial charge in [0.15, 0.2) is 6.61 Å². The Morgan fingerprint density at radius 3 is 2.31 bits per heavy atom. The quantitative estimate of drug-likeness (QED) is 0.349. The predicted octanol–water partition coefficient (Wildman–Crippen LogP) is 5.40. The summed E-state index contributed by atoms with van der Waals surface area (Å²) in [6.45, 7) is 1.91. The molecule has 0 aliphatic rings. The van der Waals surface area contributed by atoms with E-state index >= 15 is 0 Å². The van der Waals surface area contributed by atoms with Gasteiger partial charge < -0.3 is 18.6 Å². The molecular weight excluding hydrogens is 408 g/mol. The maximum Gasteiger partial charge on any atom is 0.344 e. The first kappa shape index (κ1) is 21.2. The van der Waals surface area contributed by atoms with E-state index in [1.807, 2.05) is 60.7 Å². The summed E-state index contributed by atoms with van der Waals surface area (Å²) >= 11 is 0. The van der Waals surface area contributed by atoms with E-state index in [0.717, 1.165) is 11.1 Å². The molecule has 6 nitrogen and oxygen atoms in total. The Bertz CT molecular complexity index is 1210. The summed E-state index contributed by atoms with van der Waals surface area (Å²) in [6.07, 6.45) is 0. The fourth-order valence-corrected chi connectivity index (χ4v) is 3.29. The topological polar surface area (TPSA) is 75.0 Å². The van der Waals surface area contributed by atoms with E-state index in [9.17, 15) is 9.59 Å². The van der Waals surface area contributed by atoms with Crippen LogP contribution in [0, 0.1) is 0 Å². The Balaban J connectivity index is 1.54. The maximum absolute atomic E-state index is 12.7. The highest BCUT2D eigenvalue weighted by Crippen LogP contribution is 2.36. The highest BCUT2D eigenvalue weighted by Gasteiger charge is 2.23. The Labute approximate surface area is 185 Å². The Kier molecular flexibility index (Phi) is 6.51. The lowest BCUT2D eigenvalue weighted by Crippen LogP contribution is -2.14.